The summed E-state index contributed by atoms with van der Waals surface area (Å²) in [6.45, 7) is 0.218. The molecule has 9 heteroatoms. The highest BCUT2D eigenvalue weighted by atomic mass is 127. The van der Waals surface area contributed by atoms with Gasteiger partial charge in [-0.25, -0.2) is 0 Å². The Morgan fingerprint density at radius 1 is 1.07 bits per heavy atom. The Morgan fingerprint density at radius 2 is 1.63 bits per heavy atom. The molecule has 0 fully saturated rings. The topological polar surface area (TPSA) is 48.0 Å². The first kappa shape index (κ1) is 21.1. The van der Waals surface area contributed by atoms with E-state index in [-0.39, 0.29) is 18.2 Å². The van der Waals surface area contributed by atoms with Gasteiger partial charge in [-0.05, 0) is 52.4 Å². The minimum absolute atomic E-state index is 0.218. The summed E-state index contributed by atoms with van der Waals surface area (Å²) in [7, 11) is 4.59. The second-order valence-electron chi connectivity index (χ2n) is 5.54. The second kappa shape index (κ2) is 8.68. The van der Waals surface area contributed by atoms with Crippen molar-refractivity contribution < 1.29 is 32.2 Å². The fourth-order valence-electron chi connectivity index (χ4n) is 2.37. The Morgan fingerprint density at radius 3 is 2.15 bits per heavy atom. The molecule has 2 aromatic rings. The summed E-state index contributed by atoms with van der Waals surface area (Å²) in [4.78, 5) is 14.2. The van der Waals surface area contributed by atoms with E-state index in [9.17, 15) is 18.0 Å². The Balaban J connectivity index is 2.14. The van der Waals surface area contributed by atoms with Gasteiger partial charge in [-0.2, -0.15) is 0 Å². The summed E-state index contributed by atoms with van der Waals surface area (Å²) in [5.41, 5.74) is 1.10. The lowest BCUT2D eigenvalue weighted by molar-refractivity contribution is -0.274. The van der Waals surface area contributed by atoms with Crippen molar-refractivity contribution in [1.29, 1.82) is 0 Å². The smallest absolute Gasteiger partial charge is 0.493 e. The number of carbonyl (C=O) groups is 1. The highest BCUT2D eigenvalue weighted by molar-refractivity contribution is 14.1. The van der Waals surface area contributed by atoms with Gasteiger partial charge in [0.25, 0.3) is 5.91 Å². The number of amides is 1. The van der Waals surface area contributed by atoms with Crippen LogP contribution in [0.15, 0.2) is 36.4 Å². The van der Waals surface area contributed by atoms with Crippen LogP contribution >= 0.6 is 22.6 Å². The van der Waals surface area contributed by atoms with Crippen molar-refractivity contribution in [3.63, 3.8) is 0 Å². The SMILES string of the molecule is COc1cc(I)c(C(=O)N(C)Cc2ccc(OC(F)(F)F)cc2)cc1OC. The van der Waals surface area contributed by atoms with Gasteiger partial charge in [-0.1, -0.05) is 12.1 Å². The first-order valence-corrected chi connectivity index (χ1v) is 8.74. The minimum Gasteiger partial charge on any atom is -0.493 e. The van der Waals surface area contributed by atoms with E-state index in [1.54, 1.807) is 19.2 Å². The van der Waals surface area contributed by atoms with Crippen molar-refractivity contribution in [1.82, 2.24) is 4.90 Å². The molecule has 0 radical (unpaired) electrons. The largest absolute Gasteiger partial charge is 0.573 e. The van der Waals surface area contributed by atoms with Crippen LogP contribution in [-0.4, -0.2) is 38.4 Å². The van der Waals surface area contributed by atoms with E-state index in [0.717, 1.165) is 0 Å². The molecule has 0 spiro atoms. The predicted molar refractivity (Wildman–Crippen MR) is 101 cm³/mol. The van der Waals surface area contributed by atoms with Gasteiger partial charge >= 0.3 is 6.36 Å². The molecule has 0 heterocycles. The number of alkyl halides is 3. The normalized spacial score (nSPS) is 11.1. The summed E-state index contributed by atoms with van der Waals surface area (Å²) in [6, 6.07) is 8.67. The highest BCUT2D eigenvalue weighted by Crippen LogP contribution is 2.32. The first-order valence-electron chi connectivity index (χ1n) is 7.66. The Kier molecular flexibility index (Phi) is 6.79. The fraction of sp³-hybridized carbons (Fsp3) is 0.278. The van der Waals surface area contributed by atoms with Crippen LogP contribution in [0.1, 0.15) is 15.9 Å². The standard InChI is InChI=1S/C18H17F3INO4/c1-23(10-11-4-6-12(7-5-11)27-18(19,20)21)17(24)13-8-15(25-2)16(26-3)9-14(13)22/h4-9H,10H2,1-3H3. The molecule has 0 unspecified atom stereocenters. The number of hydrogen-bond acceptors (Lipinski definition) is 4. The Hall–Kier alpha value is -2.17. The van der Waals surface area contributed by atoms with Crippen LogP contribution in [0.3, 0.4) is 0 Å². The van der Waals surface area contributed by atoms with E-state index in [0.29, 0.717) is 26.2 Å². The zero-order valence-electron chi connectivity index (χ0n) is 14.8. The van der Waals surface area contributed by atoms with E-state index in [4.69, 9.17) is 9.47 Å². The molecule has 0 aliphatic heterocycles. The number of carbonyl (C=O) groups excluding carboxylic acids is 1. The van der Waals surface area contributed by atoms with Crippen LogP contribution in [0.25, 0.3) is 0 Å². The molecule has 0 atom stereocenters. The molecule has 0 aliphatic rings. The van der Waals surface area contributed by atoms with Gasteiger partial charge in [-0.15, -0.1) is 13.2 Å². The van der Waals surface area contributed by atoms with Gasteiger partial charge in [0, 0.05) is 17.2 Å². The van der Waals surface area contributed by atoms with Crippen LogP contribution in [0.2, 0.25) is 0 Å². The number of benzene rings is 2. The average molecular weight is 495 g/mol. The number of halogens is 4. The number of ether oxygens (including phenoxy) is 3. The Labute approximate surface area is 168 Å². The van der Waals surface area contributed by atoms with Gasteiger partial charge in [0.2, 0.25) is 0 Å². The second-order valence-corrected chi connectivity index (χ2v) is 6.70. The quantitative estimate of drug-likeness (QED) is 0.555. The van der Waals surface area contributed by atoms with Crippen LogP contribution in [-0.2, 0) is 6.54 Å². The van der Waals surface area contributed by atoms with Gasteiger partial charge in [0.05, 0.1) is 19.8 Å². The summed E-state index contributed by atoms with van der Waals surface area (Å²) >= 11 is 2.03. The zero-order chi connectivity index (χ0) is 20.2. The molecule has 2 rings (SSSR count). The third-order valence-electron chi connectivity index (χ3n) is 3.63. The maximum absolute atomic E-state index is 12.7. The van der Waals surface area contributed by atoms with Gasteiger partial charge in [0.1, 0.15) is 5.75 Å². The third kappa shape index (κ3) is 5.65. The maximum Gasteiger partial charge on any atom is 0.573 e. The lowest BCUT2D eigenvalue weighted by Crippen LogP contribution is -2.27. The number of hydrogen-bond donors (Lipinski definition) is 0. The van der Waals surface area contributed by atoms with E-state index in [2.05, 4.69) is 4.74 Å². The van der Waals surface area contributed by atoms with E-state index in [1.165, 1.54) is 43.4 Å². The van der Waals surface area contributed by atoms with Crippen molar-refractivity contribution in [3.05, 3.63) is 51.1 Å². The summed E-state index contributed by atoms with van der Waals surface area (Å²) < 4.78 is 51.6. The van der Waals surface area contributed by atoms with Crippen LogP contribution < -0.4 is 14.2 Å². The first-order chi connectivity index (χ1) is 12.6. The zero-order valence-corrected chi connectivity index (χ0v) is 16.9. The summed E-state index contributed by atoms with van der Waals surface area (Å²) in [5.74, 6) is 0.385. The van der Waals surface area contributed by atoms with Gasteiger partial charge in [-0.3, -0.25) is 4.79 Å². The lowest BCUT2D eigenvalue weighted by atomic mass is 10.1. The average Bonchev–Trinajstić information content (AvgIpc) is 2.61. The Bertz CT molecular complexity index is 809. The summed E-state index contributed by atoms with van der Waals surface area (Å²) in [6.07, 6.45) is -4.74. The van der Waals surface area contributed by atoms with Crippen molar-refractivity contribution >= 4 is 28.5 Å². The van der Waals surface area contributed by atoms with E-state index < -0.39 is 6.36 Å². The predicted octanol–water partition coefficient (Wildman–Crippen LogP) is 4.48. The fourth-order valence-corrected chi connectivity index (χ4v) is 3.04. The van der Waals surface area contributed by atoms with Crippen molar-refractivity contribution in [2.75, 3.05) is 21.3 Å². The van der Waals surface area contributed by atoms with E-state index >= 15 is 0 Å². The number of methoxy groups -OCH3 is 2. The lowest BCUT2D eigenvalue weighted by Gasteiger charge is -2.19. The molecular weight excluding hydrogens is 478 g/mol. The molecule has 0 bridgehead atoms. The number of nitrogens with zero attached hydrogens (tertiary/aromatic N) is 1. The molecule has 27 heavy (non-hydrogen) atoms. The molecule has 146 valence electrons. The molecule has 0 N–H and O–H groups in total. The van der Waals surface area contributed by atoms with Crippen LogP contribution in [0.4, 0.5) is 13.2 Å². The summed E-state index contributed by atoms with van der Waals surface area (Å²) in [5, 5.41) is 0. The highest BCUT2D eigenvalue weighted by Gasteiger charge is 2.31. The van der Waals surface area contributed by atoms with E-state index in [1.807, 2.05) is 22.6 Å². The molecule has 2 aromatic carbocycles. The molecule has 1 amide bonds. The number of rotatable bonds is 6. The van der Waals surface area contributed by atoms with Gasteiger partial charge in [0.15, 0.2) is 11.5 Å². The molecule has 0 saturated heterocycles. The van der Waals surface area contributed by atoms with Crippen LogP contribution in [0.5, 0.6) is 17.2 Å². The van der Waals surface area contributed by atoms with Crippen molar-refractivity contribution in [2.24, 2.45) is 0 Å². The molecular formula is C18H17F3INO4. The minimum atomic E-state index is -4.74. The molecule has 0 aromatic heterocycles. The monoisotopic (exact) mass is 495 g/mol. The van der Waals surface area contributed by atoms with Crippen molar-refractivity contribution in [3.8, 4) is 17.2 Å². The maximum atomic E-state index is 12.7. The van der Waals surface area contributed by atoms with Crippen LogP contribution in [0, 0.1) is 3.57 Å². The molecule has 0 saturated carbocycles. The molecule has 0 aliphatic carbocycles. The third-order valence-corrected chi connectivity index (χ3v) is 4.52. The van der Waals surface area contributed by atoms with Crippen molar-refractivity contribution in [2.45, 2.75) is 12.9 Å². The molecule has 5 nitrogen and oxygen atoms in total. The van der Waals surface area contributed by atoms with Gasteiger partial charge < -0.3 is 19.1 Å².